The molecule has 0 spiro atoms. The van der Waals surface area contributed by atoms with Crippen LogP contribution in [0.25, 0.3) is 0 Å². The molecular formula is C18H31N3O. The summed E-state index contributed by atoms with van der Waals surface area (Å²) in [6.45, 7) is 7.86. The molecular weight excluding hydrogens is 274 g/mol. The van der Waals surface area contributed by atoms with Crippen molar-refractivity contribution in [1.29, 1.82) is 0 Å². The number of ether oxygens (including phenoxy) is 1. The molecule has 0 bridgehead atoms. The fourth-order valence-electron chi connectivity index (χ4n) is 2.79. The van der Waals surface area contributed by atoms with Crippen molar-refractivity contribution in [2.24, 2.45) is 5.73 Å². The first-order valence-electron chi connectivity index (χ1n) is 8.52. The van der Waals surface area contributed by atoms with Gasteiger partial charge in [-0.05, 0) is 29.9 Å². The lowest BCUT2D eigenvalue weighted by atomic mass is 9.88. The summed E-state index contributed by atoms with van der Waals surface area (Å²) >= 11 is 0. The standard InChI is InChI=1S/C18H31N3O/c1-18(2,3)14-9-17(12-20-10-14)22-13-15(19)11-21-16-7-5-4-6-8-16/h9-10,12,15-16,21H,4-8,11,13,19H2,1-3H3/t15-/m0/s1. The fourth-order valence-corrected chi connectivity index (χ4v) is 2.79. The van der Waals surface area contributed by atoms with Crippen LogP contribution in [0.4, 0.5) is 0 Å². The van der Waals surface area contributed by atoms with E-state index in [4.69, 9.17) is 10.5 Å². The Kier molecular flexibility index (Phi) is 6.21. The van der Waals surface area contributed by atoms with Gasteiger partial charge in [0.25, 0.3) is 0 Å². The van der Waals surface area contributed by atoms with Gasteiger partial charge in [0.05, 0.1) is 12.2 Å². The zero-order valence-corrected chi connectivity index (χ0v) is 14.3. The van der Waals surface area contributed by atoms with E-state index in [9.17, 15) is 0 Å². The molecule has 1 saturated carbocycles. The van der Waals surface area contributed by atoms with E-state index in [0.717, 1.165) is 12.3 Å². The number of pyridine rings is 1. The van der Waals surface area contributed by atoms with Crippen LogP contribution in [0, 0.1) is 0 Å². The molecule has 1 atom stereocenters. The first-order chi connectivity index (χ1) is 10.4. The molecule has 1 aliphatic carbocycles. The van der Waals surface area contributed by atoms with E-state index in [1.54, 1.807) is 6.20 Å². The van der Waals surface area contributed by atoms with Crippen molar-refractivity contribution in [1.82, 2.24) is 10.3 Å². The first-order valence-corrected chi connectivity index (χ1v) is 8.52. The molecule has 3 N–H and O–H groups in total. The highest BCUT2D eigenvalue weighted by molar-refractivity contribution is 5.28. The Balaban J connectivity index is 1.74. The quantitative estimate of drug-likeness (QED) is 0.848. The Hall–Kier alpha value is -1.13. The minimum Gasteiger partial charge on any atom is -0.490 e. The van der Waals surface area contributed by atoms with Crippen LogP contribution in [-0.2, 0) is 5.41 Å². The van der Waals surface area contributed by atoms with Crippen molar-refractivity contribution in [3.05, 3.63) is 24.0 Å². The molecule has 0 amide bonds. The third-order valence-corrected chi connectivity index (χ3v) is 4.32. The Morgan fingerprint density at radius 3 is 2.68 bits per heavy atom. The van der Waals surface area contributed by atoms with Crippen LogP contribution in [0.5, 0.6) is 5.75 Å². The predicted molar refractivity (Wildman–Crippen MR) is 91.3 cm³/mol. The van der Waals surface area contributed by atoms with Crippen LogP contribution in [-0.4, -0.2) is 30.2 Å². The first kappa shape index (κ1) is 17.2. The highest BCUT2D eigenvalue weighted by Gasteiger charge is 2.16. The summed E-state index contributed by atoms with van der Waals surface area (Å²) in [4.78, 5) is 4.27. The summed E-state index contributed by atoms with van der Waals surface area (Å²) < 4.78 is 5.82. The number of aromatic nitrogens is 1. The zero-order valence-electron chi connectivity index (χ0n) is 14.3. The Bertz CT molecular complexity index is 450. The molecule has 0 aliphatic heterocycles. The molecule has 0 saturated heterocycles. The Labute approximate surface area is 134 Å². The average molecular weight is 305 g/mol. The molecule has 22 heavy (non-hydrogen) atoms. The van der Waals surface area contributed by atoms with Gasteiger partial charge in [-0.1, -0.05) is 40.0 Å². The second-order valence-corrected chi connectivity index (χ2v) is 7.47. The van der Waals surface area contributed by atoms with Crippen molar-refractivity contribution in [2.45, 2.75) is 70.4 Å². The monoisotopic (exact) mass is 305 g/mol. The van der Waals surface area contributed by atoms with Crippen molar-refractivity contribution in [3.63, 3.8) is 0 Å². The van der Waals surface area contributed by atoms with Gasteiger partial charge in [0, 0.05) is 18.8 Å². The van der Waals surface area contributed by atoms with Crippen LogP contribution in [0.3, 0.4) is 0 Å². The largest absolute Gasteiger partial charge is 0.490 e. The summed E-state index contributed by atoms with van der Waals surface area (Å²) in [5, 5.41) is 3.57. The minimum atomic E-state index is 0.0141. The molecule has 1 fully saturated rings. The highest BCUT2D eigenvalue weighted by atomic mass is 16.5. The van der Waals surface area contributed by atoms with E-state index in [2.05, 4.69) is 37.1 Å². The molecule has 1 heterocycles. The molecule has 2 rings (SSSR count). The molecule has 1 aromatic rings. The van der Waals surface area contributed by atoms with Crippen LogP contribution in [0.15, 0.2) is 18.5 Å². The summed E-state index contributed by atoms with van der Waals surface area (Å²) in [5.41, 5.74) is 7.41. The summed E-state index contributed by atoms with van der Waals surface area (Å²) in [5.74, 6) is 0.806. The minimum absolute atomic E-state index is 0.0141. The van der Waals surface area contributed by atoms with E-state index in [-0.39, 0.29) is 11.5 Å². The number of nitrogens with two attached hydrogens (primary N) is 1. The van der Waals surface area contributed by atoms with Crippen molar-refractivity contribution in [3.8, 4) is 5.75 Å². The Morgan fingerprint density at radius 1 is 1.27 bits per heavy atom. The lowest BCUT2D eigenvalue weighted by Gasteiger charge is -2.24. The summed E-state index contributed by atoms with van der Waals surface area (Å²) in [6.07, 6.45) is 10.3. The zero-order chi connectivity index (χ0) is 16.0. The Morgan fingerprint density at radius 2 is 2.00 bits per heavy atom. The van der Waals surface area contributed by atoms with E-state index >= 15 is 0 Å². The van der Waals surface area contributed by atoms with Gasteiger partial charge in [-0.3, -0.25) is 4.98 Å². The van der Waals surface area contributed by atoms with Crippen molar-refractivity contribution >= 4 is 0 Å². The maximum Gasteiger partial charge on any atom is 0.137 e. The summed E-state index contributed by atoms with van der Waals surface area (Å²) in [7, 11) is 0. The second-order valence-electron chi connectivity index (χ2n) is 7.47. The number of hydrogen-bond donors (Lipinski definition) is 2. The van der Waals surface area contributed by atoms with Crippen molar-refractivity contribution < 1.29 is 4.74 Å². The van der Waals surface area contributed by atoms with Gasteiger partial charge >= 0.3 is 0 Å². The SMILES string of the molecule is CC(C)(C)c1cncc(OC[C@@H](N)CNC2CCCCC2)c1. The lowest BCUT2D eigenvalue weighted by molar-refractivity contribution is 0.272. The smallest absolute Gasteiger partial charge is 0.137 e. The lowest BCUT2D eigenvalue weighted by Crippen LogP contribution is -2.43. The average Bonchev–Trinajstić information content (AvgIpc) is 2.51. The van der Waals surface area contributed by atoms with E-state index < -0.39 is 0 Å². The van der Waals surface area contributed by atoms with Gasteiger partial charge in [-0.2, -0.15) is 0 Å². The van der Waals surface area contributed by atoms with Crippen LogP contribution in [0.2, 0.25) is 0 Å². The van der Waals surface area contributed by atoms with Gasteiger partial charge in [-0.15, -0.1) is 0 Å². The number of rotatable bonds is 6. The number of hydrogen-bond acceptors (Lipinski definition) is 4. The van der Waals surface area contributed by atoms with Gasteiger partial charge in [-0.25, -0.2) is 0 Å². The highest BCUT2D eigenvalue weighted by Crippen LogP contribution is 2.24. The molecule has 0 aromatic carbocycles. The normalized spacial score (nSPS) is 18.2. The van der Waals surface area contributed by atoms with E-state index in [0.29, 0.717) is 12.6 Å². The molecule has 1 aliphatic rings. The molecule has 4 heteroatoms. The van der Waals surface area contributed by atoms with Crippen LogP contribution >= 0.6 is 0 Å². The van der Waals surface area contributed by atoms with Gasteiger partial charge in [0.1, 0.15) is 12.4 Å². The van der Waals surface area contributed by atoms with Gasteiger partial charge < -0.3 is 15.8 Å². The van der Waals surface area contributed by atoms with Crippen LogP contribution in [0.1, 0.15) is 58.4 Å². The number of nitrogens with one attached hydrogen (secondary N) is 1. The molecule has 4 nitrogen and oxygen atoms in total. The molecule has 124 valence electrons. The van der Waals surface area contributed by atoms with Gasteiger partial charge in [0.15, 0.2) is 0 Å². The van der Waals surface area contributed by atoms with E-state index in [1.807, 2.05) is 6.20 Å². The maximum atomic E-state index is 6.15. The van der Waals surface area contributed by atoms with Crippen LogP contribution < -0.4 is 15.8 Å². The third kappa shape index (κ3) is 5.58. The summed E-state index contributed by atoms with van der Waals surface area (Å²) in [6, 6.07) is 2.72. The van der Waals surface area contributed by atoms with Gasteiger partial charge in [0.2, 0.25) is 0 Å². The molecule has 1 aromatic heterocycles. The molecule has 0 unspecified atom stereocenters. The van der Waals surface area contributed by atoms with E-state index in [1.165, 1.54) is 37.7 Å². The number of nitrogens with zero attached hydrogens (tertiary/aromatic N) is 1. The van der Waals surface area contributed by atoms with Crippen molar-refractivity contribution in [2.75, 3.05) is 13.2 Å². The third-order valence-electron chi connectivity index (χ3n) is 4.32. The fraction of sp³-hybridized carbons (Fsp3) is 0.722. The predicted octanol–water partition coefficient (Wildman–Crippen LogP) is 3.01. The second kappa shape index (κ2) is 7.93. The molecule has 0 radical (unpaired) electrons. The topological polar surface area (TPSA) is 60.2 Å². The maximum absolute atomic E-state index is 6.15.